The molecule has 138 valence electrons. The predicted octanol–water partition coefficient (Wildman–Crippen LogP) is 3.38. The first-order valence-electron chi connectivity index (χ1n) is 8.84. The number of nitrogens with two attached hydrogens (primary N) is 1. The molecule has 0 saturated carbocycles. The van der Waals surface area contributed by atoms with Crippen molar-refractivity contribution in [3.05, 3.63) is 55.7 Å². The number of hydrogen-bond donors (Lipinski definition) is 1. The maximum absolute atomic E-state index is 12.6. The summed E-state index contributed by atoms with van der Waals surface area (Å²) in [5.41, 5.74) is 8.26. The number of carbonyl (C=O) groups excluding carboxylic acids is 2. The first-order valence-corrected chi connectivity index (χ1v) is 10.0. The molecule has 1 aromatic heterocycles. The molecule has 0 bridgehead atoms. The van der Waals surface area contributed by atoms with Crippen molar-refractivity contribution < 1.29 is 14.1 Å². The van der Waals surface area contributed by atoms with Gasteiger partial charge in [-0.25, -0.2) is 0 Å². The van der Waals surface area contributed by atoms with Gasteiger partial charge >= 0.3 is 0 Å². The van der Waals surface area contributed by atoms with E-state index in [0.717, 1.165) is 46.5 Å². The number of Topliss-reactive ketones (excluding diaryl/α,β-unsaturated/α-hetero) is 1. The van der Waals surface area contributed by atoms with Crippen molar-refractivity contribution in [3.63, 3.8) is 0 Å². The average molecular weight is 392 g/mol. The number of benzene rings is 1. The van der Waals surface area contributed by atoms with E-state index in [1.807, 2.05) is 12.1 Å². The highest BCUT2D eigenvalue weighted by molar-refractivity contribution is 7.12. The van der Waals surface area contributed by atoms with Gasteiger partial charge in [0.05, 0.1) is 30.6 Å². The quantitative estimate of drug-likeness (QED) is 0.767. The van der Waals surface area contributed by atoms with E-state index in [1.165, 1.54) is 4.88 Å². The average Bonchev–Trinajstić information content (AvgIpc) is 2.93. The van der Waals surface area contributed by atoms with Crippen molar-refractivity contribution in [1.29, 1.82) is 0 Å². The van der Waals surface area contributed by atoms with Crippen molar-refractivity contribution in [3.8, 4) is 0 Å². The normalized spacial score (nSPS) is 19.2. The topological polar surface area (TPSA) is 60.2 Å². The number of carbonyl (C=O) groups is 2. The Labute approximate surface area is 163 Å². The lowest BCUT2D eigenvalue weighted by Crippen LogP contribution is -2.47. The number of halogens is 1. The summed E-state index contributed by atoms with van der Waals surface area (Å²) in [7, 11) is 2.23. The van der Waals surface area contributed by atoms with E-state index in [-0.39, 0.29) is 12.2 Å². The van der Waals surface area contributed by atoms with Gasteiger partial charge in [-0.3, -0.25) is 9.59 Å². The van der Waals surface area contributed by atoms with Gasteiger partial charge in [-0.05, 0) is 30.2 Å². The van der Waals surface area contributed by atoms with Crippen molar-refractivity contribution in [2.45, 2.75) is 32.7 Å². The summed E-state index contributed by atoms with van der Waals surface area (Å²) in [4.78, 5) is 26.7. The smallest absolute Gasteiger partial charge is 0.250 e. The molecule has 1 unspecified atom stereocenters. The third-order valence-electron chi connectivity index (χ3n) is 5.27. The van der Waals surface area contributed by atoms with E-state index in [2.05, 4.69) is 14.0 Å². The zero-order valence-electron chi connectivity index (χ0n) is 15.2. The number of hydrogen-bond acceptors (Lipinski definition) is 3. The molecule has 1 aliphatic heterocycles. The molecule has 3 rings (SSSR count). The second-order valence-corrected chi connectivity index (χ2v) is 8.88. The number of nitrogens with zero attached hydrogens (tertiary/aromatic N) is 1. The lowest BCUT2D eigenvalue weighted by atomic mass is 9.97. The third-order valence-corrected chi connectivity index (χ3v) is 6.74. The van der Waals surface area contributed by atoms with Gasteiger partial charge in [-0.2, -0.15) is 0 Å². The highest BCUT2D eigenvalue weighted by atomic mass is 35.5. The molecule has 2 heterocycles. The predicted molar refractivity (Wildman–Crippen MR) is 106 cm³/mol. The van der Waals surface area contributed by atoms with E-state index < -0.39 is 5.91 Å². The third kappa shape index (κ3) is 4.00. The highest BCUT2D eigenvalue weighted by Crippen LogP contribution is 2.35. The Bertz CT molecular complexity index is 844. The molecule has 0 saturated heterocycles. The van der Waals surface area contributed by atoms with Crippen LogP contribution in [0.25, 0.3) is 0 Å². The van der Waals surface area contributed by atoms with Gasteiger partial charge in [0.1, 0.15) is 12.3 Å². The second kappa shape index (κ2) is 7.51. The number of fused-ring (bicyclic) bond motifs is 1. The van der Waals surface area contributed by atoms with Crippen LogP contribution in [0.3, 0.4) is 0 Å². The van der Waals surface area contributed by atoms with Gasteiger partial charge < -0.3 is 10.2 Å². The molecule has 6 heteroatoms. The molecule has 0 fully saturated rings. The Balaban J connectivity index is 1.82. The standard InChI is InChI=1S/C20H23ClN2O2S/c1-3-23(2)9-8-16-18(12-23)26-17(19(16)20(22)25)11-15(24)10-13-4-6-14(21)7-5-13/h4-7H,3,8-12H2,1-2H3,(H-,22,25)/p+1. The minimum Gasteiger partial charge on any atom is -0.366 e. The fourth-order valence-electron chi connectivity index (χ4n) is 3.52. The summed E-state index contributed by atoms with van der Waals surface area (Å²) in [6, 6.07) is 7.29. The molecule has 26 heavy (non-hydrogen) atoms. The summed E-state index contributed by atoms with van der Waals surface area (Å²) >= 11 is 7.48. The van der Waals surface area contributed by atoms with Crippen LogP contribution in [0.4, 0.5) is 0 Å². The molecule has 1 aliphatic rings. The molecule has 1 atom stereocenters. The van der Waals surface area contributed by atoms with Crippen LogP contribution < -0.4 is 5.73 Å². The SMILES string of the molecule is CC[N+]1(C)CCc2c(sc(CC(=O)Cc3ccc(Cl)cc3)c2C(N)=O)C1. The lowest BCUT2D eigenvalue weighted by molar-refractivity contribution is -0.922. The molecule has 4 nitrogen and oxygen atoms in total. The number of primary amides is 1. The Hall–Kier alpha value is -1.69. The van der Waals surface area contributed by atoms with Gasteiger partial charge in [0, 0.05) is 29.2 Å². The lowest BCUT2D eigenvalue weighted by Gasteiger charge is -2.36. The summed E-state index contributed by atoms with van der Waals surface area (Å²) in [6.45, 7) is 5.14. The Morgan fingerprint density at radius 1 is 1.23 bits per heavy atom. The summed E-state index contributed by atoms with van der Waals surface area (Å²) < 4.78 is 0.962. The molecule has 2 N–H and O–H groups in total. The van der Waals surface area contributed by atoms with Gasteiger partial charge in [0.15, 0.2) is 0 Å². The van der Waals surface area contributed by atoms with Crippen molar-refractivity contribution >= 4 is 34.6 Å². The summed E-state index contributed by atoms with van der Waals surface area (Å²) in [5.74, 6) is -0.328. The van der Waals surface area contributed by atoms with E-state index in [4.69, 9.17) is 17.3 Å². The van der Waals surface area contributed by atoms with Crippen LogP contribution >= 0.6 is 22.9 Å². The number of rotatable bonds is 6. The number of thiophene rings is 1. The van der Waals surface area contributed by atoms with Crippen LogP contribution in [0.5, 0.6) is 0 Å². The minimum absolute atomic E-state index is 0.0844. The molecule has 2 aromatic rings. The maximum Gasteiger partial charge on any atom is 0.250 e. The second-order valence-electron chi connectivity index (χ2n) is 7.25. The maximum atomic E-state index is 12.6. The Kier molecular flexibility index (Phi) is 5.51. The largest absolute Gasteiger partial charge is 0.366 e. The first kappa shape index (κ1) is 19.1. The zero-order chi connectivity index (χ0) is 18.9. The van der Waals surface area contributed by atoms with Gasteiger partial charge in [-0.1, -0.05) is 23.7 Å². The summed E-state index contributed by atoms with van der Waals surface area (Å²) in [6.07, 6.45) is 1.44. The van der Waals surface area contributed by atoms with E-state index in [0.29, 0.717) is 17.0 Å². The molecule has 0 spiro atoms. The number of amides is 1. The van der Waals surface area contributed by atoms with E-state index in [9.17, 15) is 9.59 Å². The molecule has 0 radical (unpaired) electrons. The monoisotopic (exact) mass is 391 g/mol. The molecule has 1 amide bonds. The molecule has 0 aliphatic carbocycles. The van der Waals surface area contributed by atoms with Crippen molar-refractivity contribution in [2.75, 3.05) is 20.1 Å². The van der Waals surface area contributed by atoms with Gasteiger partial charge in [0.25, 0.3) is 0 Å². The molecule has 1 aromatic carbocycles. The Morgan fingerprint density at radius 2 is 1.92 bits per heavy atom. The fraction of sp³-hybridized carbons (Fsp3) is 0.400. The van der Waals surface area contributed by atoms with Gasteiger partial charge in [-0.15, -0.1) is 11.3 Å². The van der Waals surface area contributed by atoms with E-state index in [1.54, 1.807) is 23.5 Å². The van der Waals surface area contributed by atoms with Crippen LogP contribution in [-0.2, 0) is 30.6 Å². The van der Waals surface area contributed by atoms with Crippen LogP contribution in [0, 0.1) is 0 Å². The van der Waals surface area contributed by atoms with Crippen LogP contribution in [0.1, 0.15) is 38.2 Å². The zero-order valence-corrected chi connectivity index (χ0v) is 16.8. The van der Waals surface area contributed by atoms with Gasteiger partial charge in [0.2, 0.25) is 5.91 Å². The summed E-state index contributed by atoms with van der Waals surface area (Å²) in [5, 5.41) is 0.653. The van der Waals surface area contributed by atoms with Crippen LogP contribution in [0.2, 0.25) is 5.02 Å². The van der Waals surface area contributed by atoms with E-state index >= 15 is 0 Å². The van der Waals surface area contributed by atoms with Crippen molar-refractivity contribution in [1.82, 2.24) is 0 Å². The first-order chi connectivity index (χ1) is 12.3. The fourth-order valence-corrected chi connectivity index (χ4v) is 5.21. The minimum atomic E-state index is -0.413. The van der Waals surface area contributed by atoms with Crippen molar-refractivity contribution in [2.24, 2.45) is 5.73 Å². The number of quaternary nitrogens is 1. The number of likely N-dealkylation sites (N-methyl/N-ethyl adjacent to an activating group) is 1. The Morgan fingerprint density at radius 3 is 2.54 bits per heavy atom. The molecular weight excluding hydrogens is 368 g/mol. The van der Waals surface area contributed by atoms with Crippen LogP contribution in [0.15, 0.2) is 24.3 Å². The highest BCUT2D eigenvalue weighted by Gasteiger charge is 2.33. The number of ketones is 1. The molecular formula is C20H24ClN2O2S+. The van der Waals surface area contributed by atoms with Crippen LogP contribution in [-0.4, -0.2) is 36.3 Å².